The van der Waals surface area contributed by atoms with E-state index in [-0.39, 0.29) is 0 Å². The van der Waals surface area contributed by atoms with E-state index in [1.54, 1.807) is 0 Å². The SMILES string of the molecule is Cc1ccsc1CN1C[C@@H]2[C@@H](CN3CCCC3=O)CO[C@@H]2C1.O=C(O)C(F)(F)F. The molecule has 1 aromatic rings. The van der Waals surface area contributed by atoms with E-state index in [0.717, 1.165) is 52.2 Å². The Morgan fingerprint density at radius 2 is 2.10 bits per heavy atom. The number of carboxylic acid groups (broad SMARTS) is 1. The average molecular weight is 434 g/mol. The maximum absolute atomic E-state index is 11.8. The topological polar surface area (TPSA) is 70.1 Å². The van der Waals surface area contributed by atoms with E-state index >= 15 is 0 Å². The van der Waals surface area contributed by atoms with Gasteiger partial charge in [-0.05, 0) is 30.4 Å². The Kier molecular flexibility index (Phi) is 6.85. The number of amides is 1. The minimum atomic E-state index is -5.08. The van der Waals surface area contributed by atoms with Crippen molar-refractivity contribution < 1.29 is 32.6 Å². The third-order valence-electron chi connectivity index (χ3n) is 5.72. The number of hydrogen-bond donors (Lipinski definition) is 1. The summed E-state index contributed by atoms with van der Waals surface area (Å²) in [6.07, 6.45) is -2.93. The Labute approximate surface area is 171 Å². The van der Waals surface area contributed by atoms with E-state index < -0.39 is 12.1 Å². The van der Waals surface area contributed by atoms with Gasteiger partial charge in [0.05, 0.1) is 12.7 Å². The molecule has 1 amide bonds. The van der Waals surface area contributed by atoms with Crippen LogP contribution in [0.1, 0.15) is 23.3 Å². The van der Waals surface area contributed by atoms with Crippen molar-refractivity contribution in [3.8, 4) is 0 Å². The highest BCUT2D eigenvalue weighted by atomic mass is 32.1. The lowest BCUT2D eigenvalue weighted by Gasteiger charge is -2.24. The summed E-state index contributed by atoms with van der Waals surface area (Å²) in [5.41, 5.74) is 1.40. The van der Waals surface area contributed by atoms with Gasteiger partial charge in [0, 0.05) is 55.9 Å². The number of ether oxygens (including phenoxy) is 1. The number of alkyl halides is 3. The highest BCUT2D eigenvalue weighted by molar-refractivity contribution is 7.10. The van der Waals surface area contributed by atoms with Crippen LogP contribution in [0, 0.1) is 18.8 Å². The first-order valence-corrected chi connectivity index (χ1v) is 10.5. The number of nitrogens with zero attached hydrogens (tertiary/aromatic N) is 2. The van der Waals surface area contributed by atoms with Crippen LogP contribution in [0.5, 0.6) is 0 Å². The van der Waals surface area contributed by atoms with Gasteiger partial charge in [-0.15, -0.1) is 11.3 Å². The largest absolute Gasteiger partial charge is 0.490 e. The molecule has 0 radical (unpaired) electrons. The number of fused-ring (bicyclic) bond motifs is 1. The van der Waals surface area contributed by atoms with Gasteiger partial charge < -0.3 is 14.7 Å². The number of carbonyl (C=O) groups excluding carboxylic acids is 1. The Morgan fingerprint density at radius 3 is 2.66 bits per heavy atom. The summed E-state index contributed by atoms with van der Waals surface area (Å²) >= 11 is 1.86. The fourth-order valence-corrected chi connectivity index (χ4v) is 5.09. The van der Waals surface area contributed by atoms with Crippen LogP contribution in [0.3, 0.4) is 0 Å². The van der Waals surface area contributed by atoms with Gasteiger partial charge in [0.2, 0.25) is 5.91 Å². The number of aliphatic carboxylic acids is 1. The predicted molar refractivity (Wildman–Crippen MR) is 101 cm³/mol. The van der Waals surface area contributed by atoms with Gasteiger partial charge in [-0.1, -0.05) is 0 Å². The molecule has 3 aliphatic rings. The zero-order valence-corrected chi connectivity index (χ0v) is 17.0. The van der Waals surface area contributed by atoms with E-state index in [1.807, 2.05) is 11.3 Å². The molecule has 3 saturated heterocycles. The molecular formula is C19H25F3N2O4S. The van der Waals surface area contributed by atoms with Gasteiger partial charge >= 0.3 is 12.1 Å². The fraction of sp³-hybridized carbons (Fsp3) is 0.684. The molecule has 4 heterocycles. The number of aryl methyl sites for hydroxylation is 1. The third-order valence-corrected chi connectivity index (χ3v) is 6.73. The quantitative estimate of drug-likeness (QED) is 0.789. The number of carboxylic acids is 1. The lowest BCUT2D eigenvalue weighted by molar-refractivity contribution is -0.192. The number of likely N-dealkylation sites (tertiary alicyclic amines) is 2. The van der Waals surface area contributed by atoms with Crippen LogP contribution >= 0.6 is 11.3 Å². The zero-order valence-electron chi connectivity index (χ0n) is 16.2. The molecule has 10 heteroatoms. The second-order valence-corrected chi connectivity index (χ2v) is 8.76. The molecule has 0 spiro atoms. The van der Waals surface area contributed by atoms with Crippen LogP contribution < -0.4 is 0 Å². The molecule has 3 atom stereocenters. The summed E-state index contributed by atoms with van der Waals surface area (Å²) in [4.78, 5) is 26.8. The summed E-state index contributed by atoms with van der Waals surface area (Å²) in [5.74, 6) is -1.28. The number of carbonyl (C=O) groups is 2. The third kappa shape index (κ3) is 5.49. The highest BCUT2D eigenvalue weighted by Gasteiger charge is 2.44. The maximum atomic E-state index is 11.8. The summed E-state index contributed by atoms with van der Waals surface area (Å²) < 4.78 is 37.8. The van der Waals surface area contributed by atoms with E-state index in [1.165, 1.54) is 10.4 Å². The van der Waals surface area contributed by atoms with Crippen molar-refractivity contribution in [1.82, 2.24) is 9.80 Å². The monoisotopic (exact) mass is 434 g/mol. The highest BCUT2D eigenvalue weighted by Crippen LogP contribution is 2.36. The second-order valence-electron chi connectivity index (χ2n) is 7.76. The minimum Gasteiger partial charge on any atom is -0.475 e. The van der Waals surface area contributed by atoms with E-state index in [4.69, 9.17) is 14.6 Å². The van der Waals surface area contributed by atoms with Gasteiger partial charge in [-0.3, -0.25) is 9.69 Å². The molecule has 3 fully saturated rings. The first kappa shape index (κ1) is 22.0. The Bertz CT molecular complexity index is 739. The lowest BCUT2D eigenvalue weighted by atomic mass is 9.93. The van der Waals surface area contributed by atoms with E-state index in [0.29, 0.717) is 23.8 Å². The molecular weight excluding hydrogens is 409 g/mol. The number of thiophene rings is 1. The van der Waals surface area contributed by atoms with Crippen LogP contribution in [-0.2, 0) is 20.9 Å². The molecule has 0 aromatic carbocycles. The first-order chi connectivity index (χ1) is 13.6. The molecule has 4 rings (SSSR count). The van der Waals surface area contributed by atoms with Gasteiger partial charge in [0.1, 0.15) is 0 Å². The molecule has 0 aliphatic carbocycles. The van der Waals surface area contributed by atoms with Crippen molar-refractivity contribution >= 4 is 23.2 Å². The summed E-state index contributed by atoms with van der Waals surface area (Å²) in [6.45, 7) is 8.11. The molecule has 3 aliphatic heterocycles. The van der Waals surface area contributed by atoms with Crippen LogP contribution in [0.4, 0.5) is 13.2 Å². The number of rotatable bonds is 4. The zero-order chi connectivity index (χ0) is 21.2. The van der Waals surface area contributed by atoms with Crippen molar-refractivity contribution in [2.45, 2.75) is 38.6 Å². The van der Waals surface area contributed by atoms with Crippen molar-refractivity contribution in [3.63, 3.8) is 0 Å². The molecule has 1 N–H and O–H groups in total. The minimum absolute atomic E-state index is 0.340. The van der Waals surface area contributed by atoms with Gasteiger partial charge in [0.15, 0.2) is 0 Å². The Balaban J connectivity index is 0.000000298. The molecule has 0 saturated carbocycles. The smallest absolute Gasteiger partial charge is 0.475 e. The maximum Gasteiger partial charge on any atom is 0.490 e. The average Bonchev–Trinajstić information content (AvgIpc) is 3.38. The van der Waals surface area contributed by atoms with Crippen molar-refractivity contribution in [2.24, 2.45) is 11.8 Å². The molecule has 162 valence electrons. The Hall–Kier alpha value is -1.65. The van der Waals surface area contributed by atoms with Gasteiger partial charge in [-0.25, -0.2) is 4.79 Å². The fourth-order valence-electron chi connectivity index (χ4n) is 4.15. The number of halogens is 3. The van der Waals surface area contributed by atoms with Crippen molar-refractivity contribution in [2.75, 3.05) is 32.8 Å². The lowest BCUT2D eigenvalue weighted by Crippen LogP contribution is -2.35. The summed E-state index contributed by atoms with van der Waals surface area (Å²) in [7, 11) is 0. The first-order valence-electron chi connectivity index (χ1n) is 9.60. The molecule has 6 nitrogen and oxygen atoms in total. The Morgan fingerprint density at radius 1 is 1.38 bits per heavy atom. The summed E-state index contributed by atoms with van der Waals surface area (Å²) in [6, 6.07) is 2.20. The van der Waals surface area contributed by atoms with E-state index in [9.17, 15) is 18.0 Å². The van der Waals surface area contributed by atoms with Crippen molar-refractivity contribution in [3.05, 3.63) is 21.9 Å². The normalized spacial score (nSPS) is 27.1. The summed E-state index contributed by atoms with van der Waals surface area (Å²) in [5, 5.41) is 9.31. The van der Waals surface area contributed by atoms with Crippen molar-refractivity contribution in [1.29, 1.82) is 0 Å². The molecule has 1 aromatic heterocycles. The van der Waals surface area contributed by atoms with E-state index in [2.05, 4.69) is 28.2 Å². The predicted octanol–water partition coefficient (Wildman–Crippen LogP) is 2.76. The van der Waals surface area contributed by atoms with Crippen LogP contribution in [0.25, 0.3) is 0 Å². The van der Waals surface area contributed by atoms with Crippen LogP contribution in [0.2, 0.25) is 0 Å². The molecule has 29 heavy (non-hydrogen) atoms. The van der Waals surface area contributed by atoms with Gasteiger partial charge in [0.25, 0.3) is 0 Å². The van der Waals surface area contributed by atoms with Gasteiger partial charge in [-0.2, -0.15) is 13.2 Å². The number of hydrogen-bond acceptors (Lipinski definition) is 5. The van der Waals surface area contributed by atoms with Crippen LogP contribution in [0.15, 0.2) is 11.4 Å². The van der Waals surface area contributed by atoms with Crippen LogP contribution in [-0.4, -0.2) is 71.8 Å². The molecule has 0 unspecified atom stereocenters. The standard InChI is InChI=1S/C17H24N2O2S.C2HF3O2/c1-12-4-6-22-16(12)10-18-8-14-13(11-21-15(14)9-18)7-19-5-2-3-17(19)20;3-2(4,5)1(6)7/h4,6,13-15H,2-3,5,7-11H2,1H3;(H,6,7)/t13-,14+,15+;/m0./s1. The molecule has 0 bridgehead atoms. The second kappa shape index (κ2) is 9.01.